The molecule has 0 rings (SSSR count). The molecular weight excluding hydrogens is 385 g/mol. The Hall–Kier alpha value is 0.120. The zero-order valence-electron chi connectivity index (χ0n) is 19.4. The summed E-state index contributed by atoms with van der Waals surface area (Å²) in [6.45, 7) is 3.58. The summed E-state index contributed by atoms with van der Waals surface area (Å²) in [4.78, 5) is 11.6. The van der Waals surface area contributed by atoms with Gasteiger partial charge in [0.05, 0.1) is 0 Å². The SMILES string of the molecule is CCCCCCCCC=CCCCCCCCC(=O)NCC(C)S(=O)(=O)O.[H-].[Na+]. The average Bonchev–Trinajstić information content (AvgIpc) is 2.62. The van der Waals surface area contributed by atoms with E-state index in [1.54, 1.807) is 0 Å². The van der Waals surface area contributed by atoms with Crippen LogP contribution in [-0.2, 0) is 14.9 Å². The molecule has 0 aliphatic heterocycles. The third-order valence-electron chi connectivity index (χ3n) is 4.76. The molecule has 0 aromatic rings. The Labute approximate surface area is 197 Å². The standard InChI is InChI=1S/C21H41NO4S.Na.H/c1-3-4-5-6-7-8-9-10-11-12-13-14-15-16-17-18-21(23)22-19-20(2)27(24,25)26;;/h10-11,20H,3-9,12-19H2,1-2H3,(H,22,23)(H,24,25,26);;/q;+1;-1. The summed E-state index contributed by atoms with van der Waals surface area (Å²) in [5, 5.41) is 1.59. The third-order valence-corrected chi connectivity index (χ3v) is 5.94. The van der Waals surface area contributed by atoms with E-state index in [2.05, 4.69) is 24.4 Å². The van der Waals surface area contributed by atoms with Crippen LogP contribution in [0.2, 0.25) is 0 Å². The van der Waals surface area contributed by atoms with Crippen molar-refractivity contribution in [2.24, 2.45) is 0 Å². The van der Waals surface area contributed by atoms with Crippen LogP contribution in [-0.4, -0.2) is 30.7 Å². The fourth-order valence-electron chi connectivity index (χ4n) is 2.81. The zero-order valence-corrected chi connectivity index (χ0v) is 21.2. The van der Waals surface area contributed by atoms with Gasteiger partial charge in [0.1, 0.15) is 5.25 Å². The number of carbonyl (C=O) groups excluding carboxylic acids is 1. The van der Waals surface area contributed by atoms with Gasteiger partial charge >= 0.3 is 29.6 Å². The van der Waals surface area contributed by atoms with E-state index >= 15 is 0 Å². The minimum atomic E-state index is -4.07. The van der Waals surface area contributed by atoms with Gasteiger partial charge in [0.15, 0.2) is 0 Å². The number of rotatable bonds is 18. The molecule has 7 heteroatoms. The van der Waals surface area contributed by atoms with Gasteiger partial charge in [-0.25, -0.2) is 0 Å². The number of unbranched alkanes of at least 4 members (excludes halogenated alkanes) is 11. The molecule has 0 radical (unpaired) electrons. The monoisotopic (exact) mass is 427 g/mol. The first-order valence-corrected chi connectivity index (χ1v) is 12.3. The Morgan fingerprint density at radius 1 is 0.929 bits per heavy atom. The number of allylic oxidation sites excluding steroid dienone is 2. The van der Waals surface area contributed by atoms with Gasteiger partial charge < -0.3 is 6.74 Å². The average molecular weight is 428 g/mol. The van der Waals surface area contributed by atoms with Crippen molar-refractivity contribution in [2.45, 2.75) is 109 Å². The van der Waals surface area contributed by atoms with Gasteiger partial charge in [-0.3, -0.25) is 9.35 Å². The van der Waals surface area contributed by atoms with Crippen LogP contribution in [0, 0.1) is 0 Å². The Bertz CT molecular complexity index is 501. The molecule has 0 aliphatic rings. The molecule has 0 bridgehead atoms. The first-order chi connectivity index (χ1) is 12.9. The molecule has 0 saturated carbocycles. The summed E-state index contributed by atoms with van der Waals surface area (Å²) in [6, 6.07) is 0. The van der Waals surface area contributed by atoms with Gasteiger partial charge in [0.2, 0.25) is 5.91 Å². The summed E-state index contributed by atoms with van der Waals surface area (Å²) in [6.07, 6.45) is 20.8. The molecule has 28 heavy (non-hydrogen) atoms. The minimum absolute atomic E-state index is 0. The van der Waals surface area contributed by atoms with E-state index in [0.29, 0.717) is 6.42 Å². The largest absolute Gasteiger partial charge is 1.00 e. The Kier molecular flexibility index (Phi) is 22.1. The van der Waals surface area contributed by atoms with E-state index in [1.165, 1.54) is 64.7 Å². The Morgan fingerprint density at radius 2 is 1.39 bits per heavy atom. The van der Waals surface area contributed by atoms with Crippen LogP contribution in [0.3, 0.4) is 0 Å². The van der Waals surface area contributed by atoms with E-state index in [-0.39, 0.29) is 43.4 Å². The zero-order chi connectivity index (χ0) is 20.4. The van der Waals surface area contributed by atoms with Crippen molar-refractivity contribution in [3.63, 3.8) is 0 Å². The maximum atomic E-state index is 11.6. The molecule has 0 aromatic heterocycles. The van der Waals surface area contributed by atoms with Crippen LogP contribution >= 0.6 is 0 Å². The van der Waals surface area contributed by atoms with Crippen molar-refractivity contribution >= 4 is 16.0 Å². The fourth-order valence-corrected chi connectivity index (χ4v) is 3.10. The van der Waals surface area contributed by atoms with Crippen molar-refractivity contribution in [1.82, 2.24) is 5.32 Å². The molecule has 0 aliphatic carbocycles. The molecule has 0 saturated heterocycles. The summed E-state index contributed by atoms with van der Waals surface area (Å²) >= 11 is 0. The van der Waals surface area contributed by atoms with Crippen LogP contribution < -0.4 is 34.9 Å². The maximum Gasteiger partial charge on any atom is 1.00 e. The van der Waals surface area contributed by atoms with Gasteiger partial charge in [-0.05, 0) is 39.0 Å². The summed E-state index contributed by atoms with van der Waals surface area (Å²) in [5.41, 5.74) is 0. The second-order valence-corrected chi connectivity index (χ2v) is 9.30. The minimum Gasteiger partial charge on any atom is -1.00 e. The molecule has 0 fully saturated rings. The van der Waals surface area contributed by atoms with Gasteiger partial charge in [-0.15, -0.1) is 0 Å². The normalized spacial score (nSPS) is 12.7. The Morgan fingerprint density at radius 3 is 1.89 bits per heavy atom. The van der Waals surface area contributed by atoms with Crippen molar-refractivity contribution in [3.05, 3.63) is 12.2 Å². The number of carbonyl (C=O) groups is 1. The van der Waals surface area contributed by atoms with Gasteiger partial charge in [0, 0.05) is 13.0 Å². The molecular formula is C21H42NNaO4S. The van der Waals surface area contributed by atoms with Gasteiger partial charge in [-0.1, -0.05) is 70.4 Å². The molecule has 0 aromatic carbocycles. The summed E-state index contributed by atoms with van der Waals surface area (Å²) in [5.74, 6) is -0.150. The number of hydrogen-bond acceptors (Lipinski definition) is 3. The summed E-state index contributed by atoms with van der Waals surface area (Å²) < 4.78 is 30.5. The number of amides is 1. The van der Waals surface area contributed by atoms with Crippen LogP contribution in [0.4, 0.5) is 0 Å². The van der Waals surface area contributed by atoms with Gasteiger partial charge in [0.25, 0.3) is 10.1 Å². The second kappa shape index (κ2) is 20.4. The van der Waals surface area contributed by atoms with E-state index in [1.807, 2.05) is 0 Å². The second-order valence-electron chi connectivity index (χ2n) is 7.46. The molecule has 1 atom stereocenters. The molecule has 1 unspecified atom stereocenters. The number of nitrogens with one attached hydrogen (secondary N) is 1. The predicted molar refractivity (Wildman–Crippen MR) is 115 cm³/mol. The van der Waals surface area contributed by atoms with Crippen molar-refractivity contribution in [2.75, 3.05) is 6.54 Å². The van der Waals surface area contributed by atoms with Crippen LogP contribution in [0.25, 0.3) is 0 Å². The smallest absolute Gasteiger partial charge is 1.00 e. The van der Waals surface area contributed by atoms with Crippen LogP contribution in [0.15, 0.2) is 12.2 Å². The topological polar surface area (TPSA) is 83.5 Å². The fraction of sp³-hybridized carbons (Fsp3) is 0.857. The van der Waals surface area contributed by atoms with Crippen molar-refractivity contribution < 1.29 is 48.7 Å². The van der Waals surface area contributed by atoms with Crippen LogP contribution in [0.5, 0.6) is 0 Å². The summed E-state index contributed by atoms with van der Waals surface area (Å²) in [7, 11) is -4.07. The Balaban J connectivity index is -0.00000338. The van der Waals surface area contributed by atoms with Crippen molar-refractivity contribution in [3.8, 4) is 0 Å². The number of hydrogen-bond donors (Lipinski definition) is 2. The molecule has 0 spiro atoms. The first kappa shape index (κ1) is 30.3. The molecule has 162 valence electrons. The molecule has 2 N–H and O–H groups in total. The predicted octanol–water partition coefficient (Wildman–Crippen LogP) is 2.53. The quantitative estimate of drug-likeness (QED) is 0.152. The molecule has 5 nitrogen and oxygen atoms in total. The van der Waals surface area contributed by atoms with Gasteiger partial charge in [-0.2, -0.15) is 8.42 Å². The maximum absolute atomic E-state index is 11.6. The van der Waals surface area contributed by atoms with E-state index in [9.17, 15) is 13.2 Å². The first-order valence-electron chi connectivity index (χ1n) is 10.8. The molecule has 0 heterocycles. The van der Waals surface area contributed by atoms with Crippen molar-refractivity contribution in [1.29, 1.82) is 0 Å². The third kappa shape index (κ3) is 20.8. The van der Waals surface area contributed by atoms with E-state index in [0.717, 1.165) is 25.7 Å². The van der Waals surface area contributed by atoms with Crippen LogP contribution in [0.1, 0.15) is 105 Å². The molecule has 1 amide bonds. The van der Waals surface area contributed by atoms with E-state index < -0.39 is 15.4 Å². The van der Waals surface area contributed by atoms with E-state index in [4.69, 9.17) is 4.55 Å².